The van der Waals surface area contributed by atoms with Crippen LogP contribution < -0.4 is 5.32 Å². The number of nitrogens with one attached hydrogen (secondary N) is 1. The lowest BCUT2D eigenvalue weighted by atomic mass is 10.1. The van der Waals surface area contributed by atoms with Crippen molar-refractivity contribution in [3.8, 4) is 0 Å². The number of hydrogen-bond donors (Lipinski definition) is 1. The van der Waals surface area contributed by atoms with Gasteiger partial charge in [0.1, 0.15) is 11.1 Å². The third-order valence-electron chi connectivity index (χ3n) is 3.91. The van der Waals surface area contributed by atoms with E-state index in [4.69, 9.17) is 23.2 Å². The first kappa shape index (κ1) is 19.7. The van der Waals surface area contributed by atoms with E-state index in [2.05, 4.69) is 15.5 Å². The minimum atomic E-state index is -0.502. The standard InChI is InChI=1S/C19H18Cl2N4OS/c1-3-25-12(2)23-24-19(25)27-17(13-7-5-4-6-8-13)18(26)22-16-10-14(20)9-15(21)11-16/h4-11,17H,3H2,1-2H3,(H,22,26). The number of rotatable bonds is 6. The fourth-order valence-electron chi connectivity index (χ4n) is 2.65. The van der Waals surface area contributed by atoms with Gasteiger partial charge in [0.2, 0.25) is 5.91 Å². The Labute approximate surface area is 172 Å². The van der Waals surface area contributed by atoms with Gasteiger partial charge in [0, 0.05) is 22.3 Å². The van der Waals surface area contributed by atoms with E-state index in [0.29, 0.717) is 20.9 Å². The Morgan fingerprint density at radius 2 is 1.81 bits per heavy atom. The minimum Gasteiger partial charge on any atom is -0.325 e. The molecule has 2 aromatic carbocycles. The first-order chi connectivity index (χ1) is 13.0. The van der Waals surface area contributed by atoms with Gasteiger partial charge < -0.3 is 9.88 Å². The second kappa shape index (κ2) is 8.78. The molecule has 3 rings (SSSR count). The summed E-state index contributed by atoms with van der Waals surface area (Å²) in [5, 5.41) is 12.4. The minimum absolute atomic E-state index is 0.187. The third-order valence-corrected chi connectivity index (χ3v) is 5.58. The highest BCUT2D eigenvalue weighted by Crippen LogP contribution is 2.36. The third kappa shape index (κ3) is 4.83. The quantitative estimate of drug-likeness (QED) is 0.543. The van der Waals surface area contributed by atoms with Crippen LogP contribution in [0.4, 0.5) is 5.69 Å². The summed E-state index contributed by atoms with van der Waals surface area (Å²) in [6, 6.07) is 14.5. The van der Waals surface area contributed by atoms with Crippen molar-refractivity contribution in [3.05, 3.63) is 70.0 Å². The Balaban J connectivity index is 1.91. The molecule has 0 aliphatic rings. The highest BCUT2D eigenvalue weighted by atomic mass is 35.5. The fraction of sp³-hybridized carbons (Fsp3) is 0.211. The molecule has 1 aromatic heterocycles. The van der Waals surface area contributed by atoms with E-state index in [-0.39, 0.29) is 5.91 Å². The summed E-state index contributed by atoms with van der Waals surface area (Å²) in [6.45, 7) is 4.65. The van der Waals surface area contributed by atoms with Crippen LogP contribution in [0.2, 0.25) is 10.0 Å². The number of anilines is 1. The number of thioether (sulfide) groups is 1. The lowest BCUT2D eigenvalue weighted by molar-refractivity contribution is -0.115. The first-order valence-electron chi connectivity index (χ1n) is 8.36. The molecule has 0 saturated carbocycles. The average molecular weight is 421 g/mol. The van der Waals surface area contributed by atoms with Crippen molar-refractivity contribution in [2.45, 2.75) is 30.8 Å². The molecule has 1 unspecified atom stereocenters. The van der Waals surface area contributed by atoms with Crippen molar-refractivity contribution >= 4 is 46.6 Å². The van der Waals surface area contributed by atoms with Gasteiger partial charge in [-0.2, -0.15) is 0 Å². The van der Waals surface area contributed by atoms with E-state index in [9.17, 15) is 4.79 Å². The molecule has 27 heavy (non-hydrogen) atoms. The summed E-state index contributed by atoms with van der Waals surface area (Å²) in [4.78, 5) is 13.1. The molecule has 0 bridgehead atoms. The molecule has 0 aliphatic carbocycles. The number of carbonyl (C=O) groups is 1. The van der Waals surface area contributed by atoms with Crippen LogP contribution >= 0.6 is 35.0 Å². The van der Waals surface area contributed by atoms with Crippen molar-refractivity contribution in [2.75, 3.05) is 5.32 Å². The molecule has 0 radical (unpaired) electrons. The number of halogens is 2. The number of aromatic nitrogens is 3. The summed E-state index contributed by atoms with van der Waals surface area (Å²) in [5.41, 5.74) is 1.42. The molecule has 3 aromatic rings. The zero-order valence-corrected chi connectivity index (χ0v) is 17.1. The molecular formula is C19H18Cl2N4OS. The molecular weight excluding hydrogens is 403 g/mol. The zero-order valence-electron chi connectivity index (χ0n) is 14.8. The zero-order chi connectivity index (χ0) is 19.4. The Bertz CT molecular complexity index is 926. The molecule has 0 saturated heterocycles. The number of nitrogens with zero attached hydrogens (tertiary/aromatic N) is 3. The SMILES string of the molecule is CCn1c(C)nnc1SC(C(=O)Nc1cc(Cl)cc(Cl)c1)c1ccccc1. The highest BCUT2D eigenvalue weighted by Gasteiger charge is 2.25. The Morgan fingerprint density at radius 1 is 1.15 bits per heavy atom. The van der Waals surface area contributed by atoms with Crippen LogP contribution in [0.1, 0.15) is 23.6 Å². The van der Waals surface area contributed by atoms with Crippen LogP contribution in [-0.2, 0) is 11.3 Å². The van der Waals surface area contributed by atoms with E-state index >= 15 is 0 Å². The fourth-order valence-corrected chi connectivity index (χ4v) is 4.33. The Kier molecular flexibility index (Phi) is 6.42. The van der Waals surface area contributed by atoms with Crippen LogP contribution in [0.15, 0.2) is 53.7 Å². The maximum Gasteiger partial charge on any atom is 0.242 e. The topological polar surface area (TPSA) is 59.8 Å². The number of hydrogen-bond acceptors (Lipinski definition) is 4. The Morgan fingerprint density at radius 3 is 2.44 bits per heavy atom. The lowest BCUT2D eigenvalue weighted by Gasteiger charge is -2.17. The smallest absolute Gasteiger partial charge is 0.242 e. The van der Waals surface area contributed by atoms with Crippen LogP contribution in [0, 0.1) is 6.92 Å². The van der Waals surface area contributed by atoms with Gasteiger partial charge in [-0.05, 0) is 37.6 Å². The monoisotopic (exact) mass is 420 g/mol. The molecule has 0 spiro atoms. The molecule has 1 atom stereocenters. The number of carbonyl (C=O) groups excluding carboxylic acids is 1. The molecule has 8 heteroatoms. The number of aryl methyl sites for hydroxylation is 1. The van der Waals surface area contributed by atoms with Gasteiger partial charge in [0.05, 0.1) is 0 Å². The average Bonchev–Trinajstić information content (AvgIpc) is 2.98. The summed E-state index contributed by atoms with van der Waals surface area (Å²) >= 11 is 13.4. The van der Waals surface area contributed by atoms with Crippen LogP contribution in [0.25, 0.3) is 0 Å². The summed E-state index contributed by atoms with van der Waals surface area (Å²) in [6.07, 6.45) is 0. The summed E-state index contributed by atoms with van der Waals surface area (Å²) in [5.74, 6) is 0.627. The number of amides is 1. The second-order valence-corrected chi connectivity index (χ2v) is 7.78. The maximum absolute atomic E-state index is 13.1. The van der Waals surface area contributed by atoms with Crippen molar-refractivity contribution in [1.29, 1.82) is 0 Å². The van der Waals surface area contributed by atoms with Crippen molar-refractivity contribution < 1.29 is 4.79 Å². The highest BCUT2D eigenvalue weighted by molar-refractivity contribution is 8.00. The van der Waals surface area contributed by atoms with Crippen molar-refractivity contribution in [3.63, 3.8) is 0 Å². The van der Waals surface area contributed by atoms with E-state index in [0.717, 1.165) is 17.9 Å². The summed E-state index contributed by atoms with van der Waals surface area (Å²) in [7, 11) is 0. The first-order valence-corrected chi connectivity index (χ1v) is 10.00. The maximum atomic E-state index is 13.1. The Hall–Kier alpha value is -2.02. The van der Waals surface area contributed by atoms with Gasteiger partial charge >= 0.3 is 0 Å². The van der Waals surface area contributed by atoms with E-state index in [1.807, 2.05) is 48.7 Å². The van der Waals surface area contributed by atoms with E-state index < -0.39 is 5.25 Å². The summed E-state index contributed by atoms with van der Waals surface area (Å²) < 4.78 is 1.98. The van der Waals surface area contributed by atoms with Gasteiger partial charge in [-0.15, -0.1) is 10.2 Å². The predicted molar refractivity (Wildman–Crippen MR) is 111 cm³/mol. The van der Waals surface area contributed by atoms with Gasteiger partial charge in [-0.1, -0.05) is 65.3 Å². The van der Waals surface area contributed by atoms with Crippen LogP contribution in [0.5, 0.6) is 0 Å². The predicted octanol–water partition coefficient (Wildman–Crippen LogP) is 5.39. The van der Waals surface area contributed by atoms with Crippen molar-refractivity contribution in [2.24, 2.45) is 0 Å². The van der Waals surface area contributed by atoms with Gasteiger partial charge in [-0.25, -0.2) is 0 Å². The van der Waals surface area contributed by atoms with Crippen LogP contribution in [-0.4, -0.2) is 20.7 Å². The molecule has 5 nitrogen and oxygen atoms in total. The molecule has 1 amide bonds. The molecule has 140 valence electrons. The van der Waals surface area contributed by atoms with Gasteiger partial charge in [0.25, 0.3) is 0 Å². The van der Waals surface area contributed by atoms with E-state index in [1.165, 1.54) is 11.8 Å². The lowest BCUT2D eigenvalue weighted by Crippen LogP contribution is -2.19. The normalized spacial score (nSPS) is 12.0. The van der Waals surface area contributed by atoms with Gasteiger partial charge in [0.15, 0.2) is 5.16 Å². The second-order valence-electron chi connectivity index (χ2n) is 5.83. The van der Waals surface area contributed by atoms with Crippen LogP contribution in [0.3, 0.4) is 0 Å². The van der Waals surface area contributed by atoms with Gasteiger partial charge in [-0.3, -0.25) is 4.79 Å². The molecule has 0 fully saturated rings. The molecule has 1 N–H and O–H groups in total. The molecule has 0 aliphatic heterocycles. The number of benzene rings is 2. The van der Waals surface area contributed by atoms with Crippen molar-refractivity contribution in [1.82, 2.24) is 14.8 Å². The largest absolute Gasteiger partial charge is 0.325 e. The van der Waals surface area contributed by atoms with E-state index in [1.54, 1.807) is 18.2 Å². The molecule has 1 heterocycles.